The summed E-state index contributed by atoms with van der Waals surface area (Å²) in [4.78, 5) is 2.34. The molecule has 0 fully saturated rings. The van der Waals surface area contributed by atoms with E-state index >= 15 is 0 Å². The van der Waals surface area contributed by atoms with Gasteiger partial charge in [-0.05, 0) is 46.3 Å². The molecule has 6 rings (SSSR count). The van der Waals surface area contributed by atoms with E-state index in [4.69, 9.17) is 10.4 Å². The van der Waals surface area contributed by atoms with Crippen LogP contribution in [0.15, 0.2) is 91.0 Å². The van der Waals surface area contributed by atoms with Gasteiger partial charge in [-0.1, -0.05) is 74.5 Å². The van der Waals surface area contributed by atoms with Crippen molar-refractivity contribution in [1.29, 1.82) is 0 Å². The molecular weight excluding hydrogens is 379 g/mol. The monoisotopic (exact) mass is 402 g/mol. The highest BCUT2D eigenvalue weighted by molar-refractivity contribution is 6.84. The van der Waals surface area contributed by atoms with Gasteiger partial charge in [0.1, 0.15) is 11.5 Å². The van der Waals surface area contributed by atoms with Gasteiger partial charge in [-0.15, -0.1) is 0 Å². The summed E-state index contributed by atoms with van der Waals surface area (Å²) >= 11 is 0. The zero-order chi connectivity index (χ0) is 21.2. The number of hydrogen-bond donors (Lipinski definition) is 1. The first-order valence-electron chi connectivity index (χ1n) is 10.7. The van der Waals surface area contributed by atoms with Crippen molar-refractivity contribution in [1.82, 2.24) is 0 Å². The lowest BCUT2D eigenvalue weighted by molar-refractivity contribution is 0.487. The number of nitrogens with zero attached hydrogens (tertiary/aromatic N) is 1. The van der Waals surface area contributed by atoms with Crippen molar-refractivity contribution in [2.75, 3.05) is 4.90 Å². The fourth-order valence-corrected chi connectivity index (χ4v) is 5.07. The van der Waals surface area contributed by atoms with Crippen molar-refractivity contribution in [2.24, 2.45) is 5.64 Å². The number of anilines is 3. The quantitative estimate of drug-likeness (QED) is 0.457. The summed E-state index contributed by atoms with van der Waals surface area (Å²) in [7, 11) is 0. The minimum absolute atomic E-state index is 0.0737. The van der Waals surface area contributed by atoms with Gasteiger partial charge in [0.05, 0.1) is 11.4 Å². The fourth-order valence-electron chi connectivity index (χ4n) is 5.07. The molecule has 0 unspecified atom stereocenters. The number of para-hydroxylation sites is 3. The van der Waals surface area contributed by atoms with E-state index in [9.17, 15) is 0 Å². The van der Waals surface area contributed by atoms with Crippen molar-refractivity contribution in [2.45, 2.75) is 19.3 Å². The van der Waals surface area contributed by atoms with Gasteiger partial charge in [0.25, 0.3) is 6.85 Å². The van der Waals surface area contributed by atoms with Crippen molar-refractivity contribution in [3.05, 3.63) is 102 Å². The van der Waals surface area contributed by atoms with Crippen LogP contribution in [-0.4, -0.2) is 6.85 Å². The molecule has 0 spiro atoms. The maximum Gasteiger partial charge on any atom is 0.294 e. The predicted octanol–water partition coefficient (Wildman–Crippen LogP) is 4.97. The molecule has 2 heterocycles. The first kappa shape index (κ1) is 18.3. The molecule has 0 aliphatic carbocycles. The Balaban J connectivity index is 1.54. The van der Waals surface area contributed by atoms with Crippen molar-refractivity contribution < 1.29 is 4.74 Å². The van der Waals surface area contributed by atoms with Gasteiger partial charge < -0.3 is 15.3 Å². The summed E-state index contributed by atoms with van der Waals surface area (Å²) in [6, 6.07) is 31.7. The van der Waals surface area contributed by atoms with Gasteiger partial charge in [-0.2, -0.15) is 0 Å². The van der Waals surface area contributed by atoms with Crippen LogP contribution in [0.2, 0.25) is 0 Å². The van der Waals surface area contributed by atoms with Crippen molar-refractivity contribution in [3.8, 4) is 11.5 Å². The summed E-state index contributed by atoms with van der Waals surface area (Å²) < 4.78 is 6.29. The van der Waals surface area contributed by atoms with Crippen LogP contribution in [0.5, 0.6) is 11.5 Å². The van der Waals surface area contributed by atoms with Gasteiger partial charge >= 0.3 is 0 Å². The second kappa shape index (κ2) is 6.50. The summed E-state index contributed by atoms with van der Waals surface area (Å²) in [6.45, 7) is 4.41. The number of fused-ring (bicyclic) bond motifs is 4. The molecule has 0 radical (unpaired) electrons. The molecule has 4 aromatic rings. The summed E-state index contributed by atoms with van der Waals surface area (Å²) in [6.07, 6.45) is 0. The van der Waals surface area contributed by atoms with E-state index < -0.39 is 0 Å². The summed E-state index contributed by atoms with van der Waals surface area (Å²) in [5.41, 5.74) is 14.6. The minimum Gasteiger partial charge on any atom is -0.458 e. The number of nitrogens with two attached hydrogens (primary N) is 1. The normalized spacial score (nSPS) is 15.3. The largest absolute Gasteiger partial charge is 0.458 e. The molecule has 0 bridgehead atoms. The average molecular weight is 402 g/mol. The molecule has 0 atom stereocenters. The van der Waals surface area contributed by atoms with E-state index in [0.717, 1.165) is 28.1 Å². The summed E-state index contributed by atoms with van der Waals surface area (Å²) in [5.74, 6) is 1.66. The number of hydrogen-bond acceptors (Lipinski definition) is 3. The second-order valence-corrected chi connectivity index (χ2v) is 8.83. The molecule has 0 saturated heterocycles. The van der Waals surface area contributed by atoms with Gasteiger partial charge in [-0.25, -0.2) is 0 Å². The van der Waals surface area contributed by atoms with E-state index in [-0.39, 0.29) is 12.3 Å². The van der Waals surface area contributed by atoms with Crippen LogP contribution in [0.3, 0.4) is 0 Å². The second-order valence-electron chi connectivity index (χ2n) is 8.83. The molecule has 3 nitrogen and oxygen atoms in total. The molecule has 4 aromatic carbocycles. The van der Waals surface area contributed by atoms with E-state index in [1.54, 1.807) is 0 Å². The Hall–Kier alpha value is -3.50. The average Bonchev–Trinajstić information content (AvgIpc) is 2.79. The number of ether oxygens (including phenoxy) is 1. The van der Waals surface area contributed by atoms with Crippen LogP contribution >= 0.6 is 0 Å². The van der Waals surface area contributed by atoms with Gasteiger partial charge in [0.2, 0.25) is 0 Å². The number of benzene rings is 4. The van der Waals surface area contributed by atoms with Crippen LogP contribution in [0, 0.1) is 0 Å². The zero-order valence-electron chi connectivity index (χ0n) is 17.7. The molecule has 150 valence electrons. The Labute approximate surface area is 183 Å². The Morgan fingerprint density at radius 3 is 2.00 bits per heavy atom. The van der Waals surface area contributed by atoms with Crippen LogP contribution in [-0.2, 0) is 5.41 Å². The molecule has 4 heteroatoms. The van der Waals surface area contributed by atoms with Crippen LogP contribution in [0.1, 0.15) is 25.0 Å². The van der Waals surface area contributed by atoms with Crippen molar-refractivity contribution >= 4 is 34.8 Å². The van der Waals surface area contributed by atoms with Crippen LogP contribution in [0.25, 0.3) is 0 Å². The lowest BCUT2D eigenvalue weighted by Crippen LogP contribution is -2.53. The van der Waals surface area contributed by atoms with E-state index in [2.05, 4.69) is 85.5 Å². The third-order valence-electron chi connectivity index (χ3n) is 6.70. The topological polar surface area (TPSA) is 38.5 Å². The highest BCUT2D eigenvalue weighted by Crippen LogP contribution is 2.51. The smallest absolute Gasteiger partial charge is 0.294 e. The van der Waals surface area contributed by atoms with E-state index in [0.29, 0.717) is 0 Å². The Morgan fingerprint density at radius 2 is 1.29 bits per heavy atom. The molecule has 0 aromatic heterocycles. The van der Waals surface area contributed by atoms with Crippen molar-refractivity contribution in [3.63, 3.8) is 0 Å². The molecule has 2 N–H and O–H groups in total. The van der Waals surface area contributed by atoms with E-state index in [1.165, 1.54) is 22.5 Å². The molecular formula is C27H23BN2O. The molecule has 0 saturated carbocycles. The van der Waals surface area contributed by atoms with Gasteiger partial charge in [-0.3, -0.25) is 0 Å². The summed E-state index contributed by atoms with van der Waals surface area (Å²) in [5, 5.41) is 0. The Kier molecular flexibility index (Phi) is 3.83. The van der Waals surface area contributed by atoms with E-state index in [1.807, 2.05) is 24.3 Å². The standard InChI is InChI=1S/C27H23BN2O/c1-27(2)19-9-3-6-12-23(19)30(24-13-7-4-10-20(24)27)18-15-16-22-26(17-18)31-25-14-8-5-11-21(25)28(22)29/h3-17H,29H2,1-2H3. The molecule has 31 heavy (non-hydrogen) atoms. The molecule has 2 aliphatic heterocycles. The third-order valence-corrected chi connectivity index (χ3v) is 6.70. The Bertz CT molecular complexity index is 1280. The first-order chi connectivity index (χ1) is 15.1. The maximum absolute atomic E-state index is 6.58. The lowest BCUT2D eigenvalue weighted by Gasteiger charge is -2.42. The maximum atomic E-state index is 6.58. The fraction of sp³-hybridized carbons (Fsp3) is 0.111. The SMILES string of the molecule is CC1(C)c2ccccc2N(c2ccc3c(c2)Oc2ccccc2B3N)c2ccccc21. The first-order valence-corrected chi connectivity index (χ1v) is 10.7. The molecule has 2 aliphatic rings. The third kappa shape index (κ3) is 2.58. The Morgan fingerprint density at radius 1 is 0.710 bits per heavy atom. The van der Waals surface area contributed by atoms with Gasteiger partial charge in [0, 0.05) is 17.2 Å². The number of rotatable bonds is 1. The van der Waals surface area contributed by atoms with Crippen LogP contribution < -0.4 is 26.2 Å². The van der Waals surface area contributed by atoms with Gasteiger partial charge in [0.15, 0.2) is 0 Å². The lowest BCUT2D eigenvalue weighted by atomic mass is 9.50. The highest BCUT2D eigenvalue weighted by Gasteiger charge is 2.37. The minimum atomic E-state index is -0.186. The zero-order valence-corrected chi connectivity index (χ0v) is 17.7. The molecule has 0 amide bonds. The predicted molar refractivity (Wildman–Crippen MR) is 129 cm³/mol. The van der Waals surface area contributed by atoms with Crippen LogP contribution in [0.4, 0.5) is 17.1 Å². The highest BCUT2D eigenvalue weighted by atomic mass is 16.5.